The zero-order valence-corrected chi connectivity index (χ0v) is 31.9. The molecule has 4 heterocycles. The second-order valence-electron chi connectivity index (χ2n) is 14.4. The molecular formula is C43H42N6O7S. The summed E-state index contributed by atoms with van der Waals surface area (Å²) in [5.74, 6) is -0.251. The monoisotopic (exact) mass is 786 g/mol. The van der Waals surface area contributed by atoms with Gasteiger partial charge in [0.25, 0.3) is 21.6 Å². The number of sulfonamides is 1. The molecule has 4 aromatic carbocycles. The van der Waals surface area contributed by atoms with Gasteiger partial charge in [-0.3, -0.25) is 19.8 Å². The number of likely N-dealkylation sites (tertiary alicyclic amines) is 1. The normalized spacial score (nSPS) is 16.4. The molecule has 8 rings (SSSR count). The molecule has 2 fully saturated rings. The molecule has 3 N–H and O–H groups in total. The third kappa shape index (κ3) is 8.68. The van der Waals surface area contributed by atoms with Crippen LogP contribution in [0.1, 0.15) is 53.2 Å². The number of anilines is 1. The predicted octanol–water partition coefficient (Wildman–Crippen LogP) is 8.22. The van der Waals surface area contributed by atoms with Crippen molar-refractivity contribution in [3.05, 3.63) is 142 Å². The molecule has 6 aromatic rings. The zero-order valence-electron chi connectivity index (χ0n) is 31.1. The highest BCUT2D eigenvalue weighted by atomic mass is 32.2. The van der Waals surface area contributed by atoms with Crippen LogP contribution in [0.4, 0.5) is 11.4 Å². The summed E-state index contributed by atoms with van der Waals surface area (Å²) < 4.78 is 41.0. The molecule has 2 aliphatic heterocycles. The van der Waals surface area contributed by atoms with Gasteiger partial charge in [0.15, 0.2) is 0 Å². The minimum atomic E-state index is -4.55. The number of nitrogens with zero attached hydrogens (tertiary/aromatic N) is 3. The summed E-state index contributed by atoms with van der Waals surface area (Å²) in [5.41, 5.74) is 4.51. The standard InChI is InChI=1S/C43H42N6O7S/c50-43(47-57(53,54)36-13-15-38(40(25-36)49(51)52)45-26-29-17-21-55-22-18-29)37-14-12-33(24-41(37)56-35-23-34-16-19-44-42(34)46-27-35)31-8-10-32(11-9-31)39-7-4-20-48(39)28-30-5-2-1-3-6-30/h1-3,5-6,8-16,19,23-25,27,29,39,45H,4,7,17-18,20-22,26,28H2,(H,44,46)(H,47,50). The van der Waals surface area contributed by atoms with E-state index >= 15 is 0 Å². The van der Waals surface area contributed by atoms with Crippen molar-refractivity contribution in [2.45, 2.75) is 43.2 Å². The molecule has 1 amide bonds. The van der Waals surface area contributed by atoms with Crippen LogP contribution in [-0.4, -0.2) is 60.4 Å². The molecule has 1 unspecified atom stereocenters. The topological polar surface area (TPSA) is 169 Å². The molecule has 0 radical (unpaired) electrons. The summed E-state index contributed by atoms with van der Waals surface area (Å²) >= 11 is 0. The smallest absolute Gasteiger partial charge is 0.293 e. The summed E-state index contributed by atoms with van der Waals surface area (Å²) in [5, 5.41) is 15.9. The maximum Gasteiger partial charge on any atom is 0.293 e. The third-order valence-corrected chi connectivity index (χ3v) is 12.0. The van der Waals surface area contributed by atoms with E-state index in [1.54, 1.807) is 24.4 Å². The van der Waals surface area contributed by atoms with E-state index in [0.29, 0.717) is 37.2 Å². The van der Waals surface area contributed by atoms with Crippen LogP contribution in [-0.2, 0) is 21.3 Å². The molecule has 0 aliphatic carbocycles. The Morgan fingerprint density at radius 2 is 1.74 bits per heavy atom. The van der Waals surface area contributed by atoms with E-state index < -0.39 is 31.4 Å². The molecule has 13 nitrogen and oxygen atoms in total. The van der Waals surface area contributed by atoms with Crippen molar-refractivity contribution in [3.63, 3.8) is 0 Å². The Bertz CT molecular complexity index is 2500. The van der Waals surface area contributed by atoms with Gasteiger partial charge in [0.1, 0.15) is 22.8 Å². The quantitative estimate of drug-likeness (QED) is 0.0766. The third-order valence-electron chi connectivity index (χ3n) is 10.7. The number of carbonyl (C=O) groups is 1. The maximum atomic E-state index is 13.8. The molecule has 0 bridgehead atoms. The van der Waals surface area contributed by atoms with Crippen LogP contribution in [0.2, 0.25) is 0 Å². The van der Waals surface area contributed by atoms with Crippen LogP contribution in [0.3, 0.4) is 0 Å². The van der Waals surface area contributed by atoms with Gasteiger partial charge < -0.3 is 19.8 Å². The molecule has 2 saturated heterocycles. The minimum absolute atomic E-state index is 0.0557. The lowest BCUT2D eigenvalue weighted by Gasteiger charge is -2.25. The van der Waals surface area contributed by atoms with Crippen LogP contribution in [0.15, 0.2) is 120 Å². The van der Waals surface area contributed by atoms with Crippen molar-refractivity contribution >= 4 is 38.3 Å². The second-order valence-corrected chi connectivity index (χ2v) is 16.1. The van der Waals surface area contributed by atoms with E-state index in [2.05, 4.69) is 61.3 Å². The lowest BCUT2D eigenvalue weighted by Crippen LogP contribution is -2.31. The van der Waals surface area contributed by atoms with Crippen molar-refractivity contribution in [1.82, 2.24) is 19.6 Å². The summed E-state index contributed by atoms with van der Waals surface area (Å²) in [6, 6.07) is 31.2. The number of hydrogen-bond acceptors (Lipinski definition) is 10. The number of ether oxygens (including phenoxy) is 2. The van der Waals surface area contributed by atoms with E-state index in [9.17, 15) is 23.3 Å². The fourth-order valence-electron chi connectivity index (χ4n) is 7.60. The molecule has 14 heteroatoms. The number of benzene rings is 4. The molecular weight excluding hydrogens is 745 g/mol. The number of aromatic nitrogens is 2. The molecule has 0 spiro atoms. The lowest BCUT2D eigenvalue weighted by atomic mass is 9.98. The Balaban J connectivity index is 1.05. The molecule has 0 saturated carbocycles. The minimum Gasteiger partial charge on any atom is -0.455 e. The Morgan fingerprint density at radius 1 is 0.947 bits per heavy atom. The average molecular weight is 787 g/mol. The SMILES string of the molecule is O=C(NS(=O)(=O)c1ccc(NCC2CCOCC2)c([N+](=O)[O-])c1)c1ccc(-c2ccc(C3CCCN3Cc3ccccc3)cc2)cc1Oc1cnc2[nH]ccc2c1. The number of pyridine rings is 1. The first kappa shape index (κ1) is 37.8. The zero-order chi connectivity index (χ0) is 39.4. The lowest BCUT2D eigenvalue weighted by molar-refractivity contribution is -0.384. The van der Waals surface area contributed by atoms with Crippen LogP contribution >= 0.6 is 0 Å². The summed E-state index contributed by atoms with van der Waals surface area (Å²) in [6.45, 7) is 3.65. The van der Waals surface area contributed by atoms with Crippen molar-refractivity contribution < 1.29 is 27.6 Å². The first-order valence-corrected chi connectivity index (χ1v) is 20.5. The number of hydrogen-bond donors (Lipinski definition) is 3. The molecule has 1 atom stereocenters. The fraction of sp³-hybridized carbons (Fsp3) is 0.256. The number of aromatic amines is 1. The number of fused-ring (bicyclic) bond motifs is 1. The number of rotatable bonds is 13. The highest BCUT2D eigenvalue weighted by Crippen LogP contribution is 2.36. The van der Waals surface area contributed by atoms with Gasteiger partial charge in [0.05, 0.1) is 21.6 Å². The van der Waals surface area contributed by atoms with Gasteiger partial charge in [-0.1, -0.05) is 60.7 Å². The number of carbonyl (C=O) groups excluding carboxylic acids is 1. The number of nitro groups is 1. The molecule has 2 aromatic heterocycles. The first-order chi connectivity index (χ1) is 27.7. The van der Waals surface area contributed by atoms with Crippen molar-refractivity contribution in [3.8, 4) is 22.6 Å². The van der Waals surface area contributed by atoms with Crippen LogP contribution in [0.5, 0.6) is 11.5 Å². The first-order valence-electron chi connectivity index (χ1n) is 19.0. The number of nitro benzene ring substituents is 1. The molecule has 2 aliphatic rings. The highest BCUT2D eigenvalue weighted by Gasteiger charge is 2.28. The van der Waals surface area contributed by atoms with Gasteiger partial charge in [0, 0.05) is 50.0 Å². The average Bonchev–Trinajstić information content (AvgIpc) is 3.90. The highest BCUT2D eigenvalue weighted by molar-refractivity contribution is 7.90. The van der Waals surface area contributed by atoms with Gasteiger partial charge in [-0.25, -0.2) is 18.1 Å². The van der Waals surface area contributed by atoms with E-state index in [1.165, 1.54) is 35.5 Å². The maximum absolute atomic E-state index is 13.8. The number of H-pyrrole nitrogens is 1. The Kier molecular flexibility index (Phi) is 11.0. The summed E-state index contributed by atoms with van der Waals surface area (Å²) in [7, 11) is -4.55. The number of amides is 1. The number of nitrogens with one attached hydrogen (secondary N) is 3. The fourth-order valence-corrected chi connectivity index (χ4v) is 8.59. The van der Waals surface area contributed by atoms with E-state index in [4.69, 9.17) is 9.47 Å². The van der Waals surface area contributed by atoms with E-state index in [1.807, 2.05) is 24.3 Å². The van der Waals surface area contributed by atoms with Crippen LogP contribution in [0, 0.1) is 16.0 Å². The Hall–Kier alpha value is -6.09. The van der Waals surface area contributed by atoms with Gasteiger partial charge in [-0.05, 0) is 96.8 Å². The predicted molar refractivity (Wildman–Crippen MR) is 217 cm³/mol. The van der Waals surface area contributed by atoms with Crippen molar-refractivity contribution in [2.75, 3.05) is 31.6 Å². The van der Waals surface area contributed by atoms with Crippen LogP contribution < -0.4 is 14.8 Å². The van der Waals surface area contributed by atoms with Gasteiger partial charge in [-0.2, -0.15) is 0 Å². The van der Waals surface area contributed by atoms with Gasteiger partial charge in [-0.15, -0.1) is 0 Å². The van der Waals surface area contributed by atoms with Crippen molar-refractivity contribution in [2.24, 2.45) is 5.92 Å². The second kappa shape index (κ2) is 16.6. The van der Waals surface area contributed by atoms with E-state index in [0.717, 1.165) is 61.4 Å². The van der Waals surface area contributed by atoms with Crippen LogP contribution in [0.25, 0.3) is 22.2 Å². The Labute approximate surface area is 330 Å². The van der Waals surface area contributed by atoms with Crippen molar-refractivity contribution in [1.29, 1.82) is 0 Å². The summed E-state index contributed by atoms with van der Waals surface area (Å²) in [4.78, 5) is 34.7. The molecule has 292 valence electrons. The molecule has 57 heavy (non-hydrogen) atoms. The Morgan fingerprint density at radius 3 is 2.53 bits per heavy atom. The largest absolute Gasteiger partial charge is 0.455 e. The van der Waals surface area contributed by atoms with Gasteiger partial charge in [0.2, 0.25) is 0 Å². The summed E-state index contributed by atoms with van der Waals surface area (Å²) in [6.07, 6.45) is 7.11. The van der Waals surface area contributed by atoms with E-state index in [-0.39, 0.29) is 22.9 Å². The van der Waals surface area contributed by atoms with Gasteiger partial charge >= 0.3 is 0 Å².